The fourth-order valence-corrected chi connectivity index (χ4v) is 4.08. The van der Waals surface area contributed by atoms with Gasteiger partial charge in [-0.3, -0.25) is 4.79 Å². The minimum Gasteiger partial charge on any atom is -0.323 e. The van der Waals surface area contributed by atoms with Crippen LogP contribution < -0.4 is 5.32 Å². The number of hydrogen-bond donors (Lipinski definition) is 1. The zero-order valence-corrected chi connectivity index (χ0v) is 13.5. The normalized spacial score (nSPS) is 16.5. The summed E-state index contributed by atoms with van der Waals surface area (Å²) in [4.78, 5) is 13.1. The van der Waals surface area contributed by atoms with Gasteiger partial charge < -0.3 is 5.32 Å². The molecule has 0 radical (unpaired) electrons. The maximum absolute atomic E-state index is 13.1. The predicted molar refractivity (Wildman–Crippen MR) is 92.6 cm³/mol. The summed E-state index contributed by atoms with van der Waals surface area (Å²) >= 11 is 1.17. The van der Waals surface area contributed by atoms with Gasteiger partial charge in [0.25, 0.3) is 0 Å². The highest BCUT2D eigenvalue weighted by Crippen LogP contribution is 2.42. The molecule has 1 heterocycles. The smallest absolute Gasteiger partial charge is 0.235 e. The lowest BCUT2D eigenvalue weighted by Gasteiger charge is -2.28. The maximum Gasteiger partial charge on any atom is 0.235 e. The summed E-state index contributed by atoms with van der Waals surface area (Å²) in [5.41, 5.74) is 3.04. The average molecular weight is 323 g/mol. The Morgan fingerprint density at radius 3 is 2.57 bits per heavy atom. The predicted octanol–water partition coefficient (Wildman–Crippen LogP) is 4.14. The van der Waals surface area contributed by atoms with Gasteiger partial charge in [0, 0.05) is 0 Å². The third-order valence-electron chi connectivity index (χ3n) is 4.75. The molecule has 1 N–H and O–H groups in total. The van der Waals surface area contributed by atoms with Crippen LogP contribution in [-0.4, -0.2) is 14.7 Å². The molecule has 1 fully saturated rings. The number of carbonyl (C=O) groups is 1. The number of nitrogens with zero attached hydrogens (tertiary/aromatic N) is 2. The van der Waals surface area contributed by atoms with Crippen LogP contribution in [0.3, 0.4) is 0 Å². The highest BCUT2D eigenvalue weighted by Gasteiger charge is 2.42. The second kappa shape index (κ2) is 5.74. The van der Waals surface area contributed by atoms with E-state index >= 15 is 0 Å². The van der Waals surface area contributed by atoms with Crippen molar-refractivity contribution in [3.8, 4) is 0 Å². The molecule has 5 heteroatoms. The van der Waals surface area contributed by atoms with Crippen LogP contribution in [0.1, 0.15) is 31.2 Å². The molecule has 3 aromatic rings. The van der Waals surface area contributed by atoms with Crippen molar-refractivity contribution < 1.29 is 4.79 Å². The molecule has 0 saturated heterocycles. The van der Waals surface area contributed by atoms with E-state index in [1.165, 1.54) is 11.7 Å². The van der Waals surface area contributed by atoms with Gasteiger partial charge in [0.05, 0.1) is 22.8 Å². The summed E-state index contributed by atoms with van der Waals surface area (Å²) in [6.45, 7) is 0. The standard InChI is InChI=1S/C18H17N3OS/c22-17(19-14-9-6-10-15-16(14)21-23-20-15)18(11-4-5-12-18)13-7-2-1-3-8-13/h1-3,6-10H,4-5,11-12H2,(H,19,22). The van der Waals surface area contributed by atoms with Crippen molar-refractivity contribution in [1.82, 2.24) is 8.75 Å². The molecule has 1 aromatic heterocycles. The van der Waals surface area contributed by atoms with Crippen LogP contribution in [-0.2, 0) is 10.2 Å². The Morgan fingerprint density at radius 1 is 1.00 bits per heavy atom. The van der Waals surface area contributed by atoms with Gasteiger partial charge in [-0.1, -0.05) is 49.2 Å². The van der Waals surface area contributed by atoms with E-state index in [1.54, 1.807) is 0 Å². The number of fused-ring (bicyclic) bond motifs is 1. The van der Waals surface area contributed by atoms with Crippen molar-refractivity contribution in [3.63, 3.8) is 0 Å². The first kappa shape index (κ1) is 14.3. The number of aromatic nitrogens is 2. The summed E-state index contributed by atoms with van der Waals surface area (Å²) in [6.07, 6.45) is 3.97. The number of benzene rings is 2. The second-order valence-corrected chi connectivity index (χ2v) is 6.58. The van der Waals surface area contributed by atoms with Crippen LogP contribution in [0.15, 0.2) is 48.5 Å². The van der Waals surface area contributed by atoms with Crippen molar-refractivity contribution >= 4 is 34.4 Å². The van der Waals surface area contributed by atoms with Gasteiger partial charge in [0.1, 0.15) is 11.0 Å². The molecule has 4 rings (SSSR count). The van der Waals surface area contributed by atoms with E-state index in [4.69, 9.17) is 0 Å². The Balaban J connectivity index is 1.71. The summed E-state index contributed by atoms with van der Waals surface area (Å²) in [5.74, 6) is 0.0710. The first-order valence-corrected chi connectivity index (χ1v) is 8.61. The number of carbonyl (C=O) groups excluding carboxylic acids is 1. The molecule has 1 aliphatic rings. The Hall–Kier alpha value is -2.27. The van der Waals surface area contributed by atoms with Crippen LogP contribution in [0.25, 0.3) is 11.0 Å². The van der Waals surface area contributed by atoms with Crippen molar-refractivity contribution in [2.24, 2.45) is 0 Å². The van der Waals surface area contributed by atoms with E-state index in [9.17, 15) is 4.79 Å². The van der Waals surface area contributed by atoms with E-state index < -0.39 is 5.41 Å². The van der Waals surface area contributed by atoms with E-state index in [-0.39, 0.29) is 5.91 Å². The molecule has 0 spiro atoms. The minimum atomic E-state index is -0.424. The Morgan fingerprint density at radius 2 is 1.78 bits per heavy atom. The van der Waals surface area contributed by atoms with Crippen LogP contribution in [0.5, 0.6) is 0 Å². The third kappa shape index (κ3) is 2.41. The van der Waals surface area contributed by atoms with E-state index in [0.717, 1.165) is 48.0 Å². The number of anilines is 1. The molecule has 0 aliphatic heterocycles. The molecule has 4 nitrogen and oxygen atoms in total. The van der Waals surface area contributed by atoms with Gasteiger partial charge in [-0.15, -0.1) is 0 Å². The van der Waals surface area contributed by atoms with Crippen molar-refractivity contribution in [3.05, 3.63) is 54.1 Å². The second-order valence-electron chi connectivity index (χ2n) is 6.05. The molecule has 0 bridgehead atoms. The summed E-state index contributed by atoms with van der Waals surface area (Å²) in [6, 6.07) is 15.9. The van der Waals surface area contributed by atoms with Crippen molar-refractivity contribution in [1.29, 1.82) is 0 Å². The van der Waals surface area contributed by atoms with Gasteiger partial charge in [0.15, 0.2) is 0 Å². The van der Waals surface area contributed by atoms with Crippen molar-refractivity contribution in [2.75, 3.05) is 5.32 Å². The van der Waals surface area contributed by atoms with Crippen LogP contribution in [0.2, 0.25) is 0 Å². The van der Waals surface area contributed by atoms with Crippen LogP contribution in [0, 0.1) is 0 Å². The molecule has 1 saturated carbocycles. The molecule has 1 amide bonds. The first-order chi connectivity index (χ1) is 11.3. The fraction of sp³-hybridized carbons (Fsp3) is 0.278. The molecule has 2 aromatic carbocycles. The lowest BCUT2D eigenvalue weighted by molar-refractivity contribution is -0.121. The lowest BCUT2D eigenvalue weighted by atomic mass is 9.78. The zero-order chi connectivity index (χ0) is 15.7. The largest absolute Gasteiger partial charge is 0.323 e. The number of nitrogens with one attached hydrogen (secondary N) is 1. The maximum atomic E-state index is 13.1. The van der Waals surface area contributed by atoms with Crippen LogP contribution in [0.4, 0.5) is 5.69 Å². The Kier molecular flexibility index (Phi) is 3.58. The Labute approximate surface area is 138 Å². The molecule has 116 valence electrons. The lowest BCUT2D eigenvalue weighted by Crippen LogP contribution is -2.38. The fourth-order valence-electron chi connectivity index (χ4n) is 3.53. The average Bonchev–Trinajstić information content (AvgIpc) is 3.26. The van der Waals surface area contributed by atoms with Crippen molar-refractivity contribution in [2.45, 2.75) is 31.1 Å². The summed E-state index contributed by atoms with van der Waals surface area (Å²) in [7, 11) is 0. The van der Waals surface area contributed by atoms with Gasteiger partial charge in [-0.2, -0.15) is 8.75 Å². The van der Waals surface area contributed by atoms with E-state index in [1.807, 2.05) is 36.4 Å². The first-order valence-electron chi connectivity index (χ1n) is 7.88. The molecule has 1 aliphatic carbocycles. The van der Waals surface area contributed by atoms with Gasteiger partial charge >= 0.3 is 0 Å². The molecular formula is C18H17N3OS. The van der Waals surface area contributed by atoms with Gasteiger partial charge in [-0.05, 0) is 30.5 Å². The summed E-state index contributed by atoms with van der Waals surface area (Å²) in [5, 5.41) is 3.12. The molecule has 23 heavy (non-hydrogen) atoms. The quantitative estimate of drug-likeness (QED) is 0.788. The number of hydrogen-bond acceptors (Lipinski definition) is 4. The van der Waals surface area contributed by atoms with E-state index in [2.05, 4.69) is 26.2 Å². The summed E-state index contributed by atoms with van der Waals surface area (Å²) < 4.78 is 8.55. The van der Waals surface area contributed by atoms with Crippen LogP contribution >= 0.6 is 11.7 Å². The third-order valence-corrected chi connectivity index (χ3v) is 5.29. The zero-order valence-electron chi connectivity index (χ0n) is 12.7. The minimum absolute atomic E-state index is 0.0710. The number of rotatable bonds is 3. The Bertz CT molecular complexity index is 838. The van der Waals surface area contributed by atoms with E-state index in [0.29, 0.717) is 0 Å². The molecule has 0 atom stereocenters. The highest BCUT2D eigenvalue weighted by molar-refractivity contribution is 7.00. The number of amides is 1. The monoisotopic (exact) mass is 323 g/mol. The molecular weight excluding hydrogens is 306 g/mol. The van der Waals surface area contributed by atoms with Gasteiger partial charge in [0.2, 0.25) is 5.91 Å². The highest BCUT2D eigenvalue weighted by atomic mass is 32.1. The van der Waals surface area contributed by atoms with Gasteiger partial charge in [-0.25, -0.2) is 0 Å². The topological polar surface area (TPSA) is 54.9 Å². The molecule has 0 unspecified atom stereocenters. The SMILES string of the molecule is O=C(Nc1cccc2nsnc12)C1(c2ccccc2)CCCC1.